The van der Waals surface area contributed by atoms with Crippen LogP contribution >= 0.6 is 11.3 Å². The summed E-state index contributed by atoms with van der Waals surface area (Å²) in [6.07, 6.45) is 5.50. The van der Waals surface area contributed by atoms with E-state index in [2.05, 4.69) is 39.1 Å². The first-order valence-corrected chi connectivity index (χ1v) is 17.0. The first-order valence-electron chi connectivity index (χ1n) is 12.4. The van der Waals surface area contributed by atoms with Crippen LogP contribution < -0.4 is 9.47 Å². The maximum absolute atomic E-state index is 13.1. The molecule has 3 rings (SSSR count). The van der Waals surface area contributed by atoms with E-state index >= 15 is 0 Å². The Labute approximate surface area is 231 Å². The Morgan fingerprint density at radius 3 is 2.26 bits per heavy atom. The topological polar surface area (TPSA) is 62.7 Å². The molecule has 0 aliphatic rings. The number of ether oxygens (including phenoxy) is 4. The molecule has 1 aromatic carbocycles. The minimum atomic E-state index is -3.21. The first kappa shape index (κ1) is 31.0. The maximum atomic E-state index is 13.1. The van der Waals surface area contributed by atoms with Crippen molar-refractivity contribution < 1.29 is 36.5 Å². The van der Waals surface area contributed by atoms with Gasteiger partial charge in [0.25, 0.3) is 0 Å². The molecule has 39 heavy (non-hydrogen) atoms. The van der Waals surface area contributed by atoms with Gasteiger partial charge in [-0.3, -0.25) is 4.98 Å². The van der Waals surface area contributed by atoms with Gasteiger partial charge in [0.05, 0.1) is 4.88 Å². The molecule has 0 radical (unpaired) electrons. The number of aromatic nitrogens is 2. The third-order valence-corrected chi connectivity index (χ3v) is 9.03. The van der Waals surface area contributed by atoms with Crippen molar-refractivity contribution in [1.82, 2.24) is 9.97 Å². The number of halogens is 4. The molecular weight excluding hydrogens is 552 g/mol. The molecule has 0 aliphatic heterocycles. The predicted molar refractivity (Wildman–Crippen MR) is 145 cm³/mol. The van der Waals surface area contributed by atoms with Gasteiger partial charge in [0.2, 0.25) is 0 Å². The van der Waals surface area contributed by atoms with Crippen LogP contribution in [0.4, 0.5) is 17.6 Å². The van der Waals surface area contributed by atoms with Crippen molar-refractivity contribution >= 4 is 19.4 Å². The number of nitrogens with zero attached hydrogens (tertiary/aromatic N) is 2. The van der Waals surface area contributed by atoms with E-state index < -0.39 is 44.3 Å². The lowest BCUT2D eigenvalue weighted by Gasteiger charge is -2.24. The van der Waals surface area contributed by atoms with Gasteiger partial charge in [-0.15, -0.1) is 11.3 Å². The summed E-state index contributed by atoms with van der Waals surface area (Å²) in [5, 5.41) is 0.698. The molecule has 0 fully saturated rings. The average Bonchev–Trinajstić information content (AvgIpc) is 3.34. The van der Waals surface area contributed by atoms with Crippen molar-refractivity contribution in [3.8, 4) is 11.5 Å². The Hall–Kier alpha value is -2.54. The first-order chi connectivity index (χ1) is 18.3. The number of hydrogen-bond donors (Lipinski definition) is 0. The van der Waals surface area contributed by atoms with Gasteiger partial charge in [-0.05, 0) is 61.7 Å². The normalized spacial score (nSPS) is 13.2. The van der Waals surface area contributed by atoms with Gasteiger partial charge in [-0.1, -0.05) is 25.7 Å². The van der Waals surface area contributed by atoms with Crippen LogP contribution in [0.2, 0.25) is 25.7 Å². The second-order valence-corrected chi connectivity index (χ2v) is 17.3. The fourth-order valence-electron chi connectivity index (χ4n) is 3.65. The summed E-state index contributed by atoms with van der Waals surface area (Å²) >= 11 is 1.42. The molecule has 12 heteroatoms. The molecule has 1 atom stereocenters. The van der Waals surface area contributed by atoms with Crippen LogP contribution in [0.25, 0.3) is 0 Å². The van der Waals surface area contributed by atoms with E-state index in [0.717, 1.165) is 16.5 Å². The highest BCUT2D eigenvalue weighted by atomic mass is 32.1. The van der Waals surface area contributed by atoms with Crippen LogP contribution in [0, 0.1) is 0 Å². The molecule has 3 aromatic rings. The third kappa shape index (κ3) is 9.86. The fraction of sp³-hybridized carbons (Fsp3) is 0.481. The largest absolute Gasteiger partial charge is 0.431 e. The Kier molecular flexibility index (Phi) is 10.9. The smallest absolute Gasteiger partial charge is 0.387 e. The van der Waals surface area contributed by atoms with Crippen molar-refractivity contribution in [3.63, 3.8) is 0 Å². The van der Waals surface area contributed by atoms with Gasteiger partial charge < -0.3 is 18.9 Å². The number of hydrogen-bond acceptors (Lipinski definition) is 7. The van der Waals surface area contributed by atoms with Gasteiger partial charge in [0.1, 0.15) is 17.4 Å². The Morgan fingerprint density at radius 1 is 0.949 bits per heavy atom. The molecule has 214 valence electrons. The minimum absolute atomic E-state index is 0.144. The zero-order valence-corrected chi connectivity index (χ0v) is 24.4. The Morgan fingerprint density at radius 2 is 1.62 bits per heavy atom. The molecule has 0 amide bonds. The van der Waals surface area contributed by atoms with Crippen LogP contribution in [0.3, 0.4) is 0 Å². The van der Waals surface area contributed by atoms with Crippen molar-refractivity contribution in [1.29, 1.82) is 0 Å². The van der Waals surface area contributed by atoms with Gasteiger partial charge in [0.15, 0.2) is 11.5 Å². The van der Waals surface area contributed by atoms with E-state index in [0.29, 0.717) is 23.6 Å². The lowest BCUT2D eigenvalue weighted by atomic mass is 9.92. The summed E-state index contributed by atoms with van der Waals surface area (Å²) in [7, 11) is -1.20. The Balaban J connectivity index is 1.87. The number of thiazole rings is 1. The van der Waals surface area contributed by atoms with E-state index in [-0.39, 0.29) is 6.79 Å². The number of alkyl halides is 4. The van der Waals surface area contributed by atoms with Crippen LogP contribution in [0.1, 0.15) is 40.8 Å². The third-order valence-electron chi connectivity index (χ3n) is 5.91. The molecule has 0 N–H and O–H groups in total. The molecule has 0 saturated carbocycles. The molecule has 1 unspecified atom stereocenters. The average molecular weight is 587 g/mol. The van der Waals surface area contributed by atoms with Crippen molar-refractivity contribution in [3.05, 3.63) is 69.9 Å². The van der Waals surface area contributed by atoms with Gasteiger partial charge in [0, 0.05) is 39.2 Å². The summed E-state index contributed by atoms with van der Waals surface area (Å²) in [4.78, 5) is 9.54. The van der Waals surface area contributed by atoms with Gasteiger partial charge in [-0.25, -0.2) is 4.98 Å². The highest BCUT2D eigenvalue weighted by molar-refractivity contribution is 7.11. The number of benzene rings is 1. The molecule has 2 heterocycles. The van der Waals surface area contributed by atoms with E-state index in [1.807, 2.05) is 26.0 Å². The van der Waals surface area contributed by atoms with Crippen LogP contribution in [0.15, 0.2) is 48.9 Å². The summed E-state index contributed by atoms with van der Waals surface area (Å²) in [5.41, 5.74) is 0.801. The molecule has 2 aromatic heterocycles. The van der Waals surface area contributed by atoms with E-state index in [4.69, 9.17) is 9.47 Å². The van der Waals surface area contributed by atoms with Gasteiger partial charge >= 0.3 is 13.2 Å². The fourth-order valence-corrected chi connectivity index (χ4v) is 5.51. The van der Waals surface area contributed by atoms with E-state index in [1.165, 1.54) is 23.5 Å². The zero-order valence-electron chi connectivity index (χ0n) is 22.6. The summed E-state index contributed by atoms with van der Waals surface area (Å²) in [5.74, 6) is -1.34. The van der Waals surface area contributed by atoms with Crippen LogP contribution in [-0.4, -0.2) is 44.7 Å². The molecule has 6 nitrogen and oxygen atoms in total. The van der Waals surface area contributed by atoms with E-state index in [1.54, 1.807) is 24.7 Å². The lowest BCUT2D eigenvalue weighted by molar-refractivity contribution is -0.127. The maximum Gasteiger partial charge on any atom is 0.387 e. The quantitative estimate of drug-likeness (QED) is 0.0788. The van der Waals surface area contributed by atoms with Crippen molar-refractivity contribution in [2.24, 2.45) is 0 Å². The highest BCUT2D eigenvalue weighted by Gasteiger charge is 2.28. The molecular formula is C27H34F4N2O4SSi. The number of rotatable bonds is 15. The predicted octanol–water partition coefficient (Wildman–Crippen LogP) is 7.68. The molecule has 0 aliphatic carbocycles. The lowest BCUT2D eigenvalue weighted by Crippen LogP contribution is -2.25. The van der Waals surface area contributed by atoms with Gasteiger partial charge in [-0.2, -0.15) is 17.6 Å². The monoisotopic (exact) mass is 586 g/mol. The minimum Gasteiger partial charge on any atom is -0.431 e. The molecule has 0 bridgehead atoms. The van der Waals surface area contributed by atoms with Crippen LogP contribution in [-0.2, 0) is 21.5 Å². The highest BCUT2D eigenvalue weighted by Crippen LogP contribution is 2.40. The summed E-state index contributed by atoms with van der Waals surface area (Å²) in [6.45, 7) is 5.08. The molecule has 0 saturated heterocycles. The van der Waals surface area contributed by atoms with E-state index in [9.17, 15) is 17.6 Å². The molecule has 0 spiro atoms. The zero-order chi connectivity index (χ0) is 28.6. The second-order valence-electron chi connectivity index (χ2n) is 10.6. The van der Waals surface area contributed by atoms with Crippen molar-refractivity contribution in [2.45, 2.75) is 70.7 Å². The standard InChI is InChI=1S/C27H34F4N2O4SSi/c1-27(2,35-17-34-12-13-39(3,4)5)23-16-33-24(38-23)20(14-18-8-10-32-11-9-18)19-6-7-21(36-25(28)29)22(15-19)37-26(30)31/h6-11,15-16,20,25-26H,12-14,17H2,1-5H3. The Bertz CT molecular complexity index is 1180. The SMILES string of the molecule is CC(C)(OCOCC[Si](C)(C)C)c1cnc(C(Cc2ccncc2)c2ccc(OC(F)F)c(OC(F)F)c2)s1. The van der Waals surface area contributed by atoms with Crippen molar-refractivity contribution in [2.75, 3.05) is 13.4 Å². The summed E-state index contributed by atoms with van der Waals surface area (Å²) < 4.78 is 72.5. The second kappa shape index (κ2) is 13.7. The van der Waals surface area contributed by atoms with Crippen LogP contribution in [0.5, 0.6) is 11.5 Å². The number of pyridine rings is 1. The summed E-state index contributed by atoms with van der Waals surface area (Å²) in [6, 6.07) is 8.78.